The number of hydrogen-bond acceptors (Lipinski definition) is 0. The summed E-state index contributed by atoms with van der Waals surface area (Å²) < 4.78 is 0. The molecule has 0 aromatic heterocycles. The summed E-state index contributed by atoms with van der Waals surface area (Å²) in [6.07, 6.45) is 25.1. The molecule has 0 amide bonds. The van der Waals surface area contributed by atoms with Gasteiger partial charge < -0.3 is 0 Å². The van der Waals surface area contributed by atoms with Gasteiger partial charge in [-0.25, -0.2) is 0 Å². The summed E-state index contributed by atoms with van der Waals surface area (Å²) in [6, 6.07) is 0. The van der Waals surface area contributed by atoms with Crippen molar-refractivity contribution in [3.63, 3.8) is 0 Å². The third-order valence-electron chi connectivity index (χ3n) is 4.11. The van der Waals surface area contributed by atoms with E-state index in [2.05, 4.69) is 19.1 Å². The standard InChI is InChI=1S/C18H34/c1-2-3-4-5-6-7-8-9-10-11-12-13-14-15-18-16-17-18/h16-18H,2-15H2,1H3. The molecule has 0 aromatic carbocycles. The molecule has 0 bridgehead atoms. The van der Waals surface area contributed by atoms with Crippen molar-refractivity contribution < 1.29 is 0 Å². The van der Waals surface area contributed by atoms with Crippen LogP contribution in [0.15, 0.2) is 12.2 Å². The summed E-state index contributed by atoms with van der Waals surface area (Å²) in [4.78, 5) is 0. The average Bonchev–Trinajstić information content (AvgIpc) is 3.19. The van der Waals surface area contributed by atoms with Crippen molar-refractivity contribution in [2.75, 3.05) is 0 Å². The van der Waals surface area contributed by atoms with Gasteiger partial charge in [-0.05, 0) is 12.3 Å². The molecule has 0 heterocycles. The zero-order valence-corrected chi connectivity index (χ0v) is 12.6. The van der Waals surface area contributed by atoms with Crippen molar-refractivity contribution in [2.24, 2.45) is 5.92 Å². The van der Waals surface area contributed by atoms with Crippen molar-refractivity contribution in [3.05, 3.63) is 12.2 Å². The molecule has 0 nitrogen and oxygen atoms in total. The lowest BCUT2D eigenvalue weighted by atomic mass is 10.0. The van der Waals surface area contributed by atoms with Crippen LogP contribution in [0.4, 0.5) is 0 Å². The van der Waals surface area contributed by atoms with E-state index in [1.165, 1.54) is 89.9 Å². The fourth-order valence-electron chi connectivity index (χ4n) is 2.67. The first-order chi connectivity index (χ1) is 8.93. The van der Waals surface area contributed by atoms with Crippen molar-refractivity contribution in [1.82, 2.24) is 0 Å². The van der Waals surface area contributed by atoms with Gasteiger partial charge in [-0.15, -0.1) is 0 Å². The van der Waals surface area contributed by atoms with Gasteiger partial charge in [0.25, 0.3) is 0 Å². The third kappa shape index (κ3) is 10.9. The fourth-order valence-corrected chi connectivity index (χ4v) is 2.67. The number of unbranched alkanes of at least 4 members (excludes halogenated alkanes) is 12. The smallest absolute Gasteiger partial charge is 0.00531 e. The molecule has 1 aliphatic rings. The highest BCUT2D eigenvalue weighted by Gasteiger charge is 2.08. The van der Waals surface area contributed by atoms with E-state index >= 15 is 0 Å². The normalized spacial score (nSPS) is 14.3. The highest BCUT2D eigenvalue weighted by Crippen LogP contribution is 2.23. The molecule has 0 aromatic rings. The summed E-state index contributed by atoms with van der Waals surface area (Å²) in [5, 5.41) is 0. The maximum atomic E-state index is 2.33. The zero-order valence-electron chi connectivity index (χ0n) is 12.6. The minimum Gasteiger partial charge on any atom is -0.0810 e. The SMILES string of the molecule is CCCCCCCCCCCCCCCC1C=C1. The van der Waals surface area contributed by atoms with Crippen LogP contribution in [0, 0.1) is 5.92 Å². The Kier molecular flexibility index (Phi) is 10.4. The highest BCUT2D eigenvalue weighted by molar-refractivity contribution is 5.12. The van der Waals surface area contributed by atoms with Gasteiger partial charge in [0.2, 0.25) is 0 Å². The first-order valence-electron chi connectivity index (χ1n) is 8.62. The van der Waals surface area contributed by atoms with Gasteiger partial charge >= 0.3 is 0 Å². The predicted molar refractivity (Wildman–Crippen MR) is 82.9 cm³/mol. The second kappa shape index (κ2) is 11.8. The van der Waals surface area contributed by atoms with Crippen molar-refractivity contribution >= 4 is 0 Å². The van der Waals surface area contributed by atoms with E-state index in [-0.39, 0.29) is 0 Å². The first kappa shape index (κ1) is 15.8. The fraction of sp³-hybridized carbons (Fsp3) is 0.889. The largest absolute Gasteiger partial charge is 0.0810 e. The van der Waals surface area contributed by atoms with Crippen LogP contribution in [0.25, 0.3) is 0 Å². The maximum absolute atomic E-state index is 2.33. The molecule has 0 atom stereocenters. The van der Waals surface area contributed by atoms with E-state index in [1.807, 2.05) is 0 Å². The van der Waals surface area contributed by atoms with E-state index in [0.29, 0.717) is 0 Å². The van der Waals surface area contributed by atoms with Gasteiger partial charge in [0.1, 0.15) is 0 Å². The first-order valence-corrected chi connectivity index (χ1v) is 8.62. The molecule has 0 aliphatic heterocycles. The minimum absolute atomic E-state index is 0.901. The lowest BCUT2D eigenvalue weighted by Gasteiger charge is -2.03. The van der Waals surface area contributed by atoms with Crippen molar-refractivity contribution in [3.8, 4) is 0 Å². The van der Waals surface area contributed by atoms with Crippen LogP contribution in [-0.2, 0) is 0 Å². The van der Waals surface area contributed by atoms with Crippen LogP contribution in [0.1, 0.15) is 96.8 Å². The molecule has 106 valence electrons. The summed E-state index contributed by atoms with van der Waals surface area (Å²) in [5.74, 6) is 0.901. The Bertz CT molecular complexity index is 186. The molecule has 1 aliphatic carbocycles. The van der Waals surface area contributed by atoms with Gasteiger partial charge in [0, 0.05) is 0 Å². The molecule has 0 saturated carbocycles. The second-order valence-electron chi connectivity index (χ2n) is 6.08. The number of hydrogen-bond donors (Lipinski definition) is 0. The third-order valence-corrected chi connectivity index (χ3v) is 4.11. The molecular weight excluding hydrogens is 216 g/mol. The Hall–Kier alpha value is -0.260. The number of rotatable bonds is 14. The monoisotopic (exact) mass is 250 g/mol. The van der Waals surface area contributed by atoms with Gasteiger partial charge in [-0.2, -0.15) is 0 Å². The average molecular weight is 250 g/mol. The van der Waals surface area contributed by atoms with Gasteiger partial charge in [0.15, 0.2) is 0 Å². The summed E-state index contributed by atoms with van der Waals surface area (Å²) in [7, 11) is 0. The van der Waals surface area contributed by atoms with Crippen molar-refractivity contribution in [1.29, 1.82) is 0 Å². The Morgan fingerprint density at radius 2 is 0.944 bits per heavy atom. The highest BCUT2D eigenvalue weighted by atomic mass is 14.1. The predicted octanol–water partition coefficient (Wildman–Crippen LogP) is 6.65. The molecule has 18 heavy (non-hydrogen) atoms. The maximum Gasteiger partial charge on any atom is -0.00531 e. The molecule has 0 spiro atoms. The Morgan fingerprint density at radius 1 is 0.556 bits per heavy atom. The Morgan fingerprint density at radius 3 is 1.33 bits per heavy atom. The molecule has 0 N–H and O–H groups in total. The van der Waals surface area contributed by atoms with Crippen LogP contribution >= 0.6 is 0 Å². The molecule has 0 unspecified atom stereocenters. The Labute approximate surface area is 115 Å². The van der Waals surface area contributed by atoms with E-state index in [9.17, 15) is 0 Å². The lowest BCUT2D eigenvalue weighted by Crippen LogP contribution is -1.84. The summed E-state index contributed by atoms with van der Waals surface area (Å²) in [5.41, 5.74) is 0. The molecular formula is C18H34. The Balaban J connectivity index is 1.60. The molecule has 0 saturated heterocycles. The van der Waals surface area contributed by atoms with Crippen LogP contribution in [-0.4, -0.2) is 0 Å². The second-order valence-corrected chi connectivity index (χ2v) is 6.08. The van der Waals surface area contributed by atoms with Crippen LogP contribution in [0.5, 0.6) is 0 Å². The van der Waals surface area contributed by atoms with Gasteiger partial charge in [0.05, 0.1) is 0 Å². The van der Waals surface area contributed by atoms with E-state index in [0.717, 1.165) is 5.92 Å². The van der Waals surface area contributed by atoms with Crippen LogP contribution in [0.2, 0.25) is 0 Å². The van der Waals surface area contributed by atoms with Crippen LogP contribution < -0.4 is 0 Å². The zero-order chi connectivity index (χ0) is 12.9. The molecule has 1 rings (SSSR count). The molecule has 0 radical (unpaired) electrons. The lowest BCUT2D eigenvalue weighted by molar-refractivity contribution is 0.533. The van der Waals surface area contributed by atoms with Crippen LogP contribution in [0.3, 0.4) is 0 Å². The topological polar surface area (TPSA) is 0 Å². The van der Waals surface area contributed by atoms with E-state index < -0.39 is 0 Å². The quantitative estimate of drug-likeness (QED) is 0.239. The van der Waals surface area contributed by atoms with E-state index in [1.54, 1.807) is 0 Å². The van der Waals surface area contributed by atoms with Gasteiger partial charge in [-0.3, -0.25) is 0 Å². The van der Waals surface area contributed by atoms with Crippen molar-refractivity contribution in [2.45, 2.75) is 96.8 Å². The molecule has 0 fully saturated rings. The minimum atomic E-state index is 0.901. The molecule has 0 heteroatoms. The van der Waals surface area contributed by atoms with E-state index in [4.69, 9.17) is 0 Å². The summed E-state index contributed by atoms with van der Waals surface area (Å²) >= 11 is 0. The van der Waals surface area contributed by atoms with Gasteiger partial charge in [-0.1, -0.05) is 103 Å². The number of allylic oxidation sites excluding steroid dienone is 2. The summed E-state index contributed by atoms with van der Waals surface area (Å²) in [6.45, 7) is 2.29.